The van der Waals surface area contributed by atoms with Crippen LogP contribution in [0.3, 0.4) is 0 Å². The Morgan fingerprint density at radius 3 is 1.36 bits per heavy atom. The van der Waals surface area contributed by atoms with E-state index in [1.54, 1.807) is 0 Å². The van der Waals surface area contributed by atoms with Crippen molar-refractivity contribution in [1.29, 1.82) is 0 Å². The first kappa shape index (κ1) is 27.9. The van der Waals surface area contributed by atoms with Crippen molar-refractivity contribution < 1.29 is 24.5 Å². The summed E-state index contributed by atoms with van der Waals surface area (Å²) in [5, 5.41) is 22.2. The minimum atomic E-state index is -1.37. The van der Waals surface area contributed by atoms with Gasteiger partial charge in [0, 0.05) is 0 Å². The molecule has 0 spiro atoms. The first-order chi connectivity index (χ1) is 15.0. The van der Waals surface area contributed by atoms with Gasteiger partial charge in [-0.15, -0.1) is 0 Å². The van der Waals surface area contributed by atoms with Crippen LogP contribution in [0.5, 0.6) is 0 Å². The van der Waals surface area contributed by atoms with Gasteiger partial charge in [-0.3, -0.25) is 9.59 Å². The van der Waals surface area contributed by atoms with E-state index in [1.165, 1.54) is 13.8 Å². The fraction of sp³-hybridized carbons (Fsp3) is 0.786. The van der Waals surface area contributed by atoms with Crippen LogP contribution in [0.4, 0.5) is 0 Å². The van der Waals surface area contributed by atoms with Gasteiger partial charge in [-0.05, 0) is 87.2 Å². The number of aliphatic hydroxyl groups is 2. The molecule has 2 N–H and O–H groups in total. The van der Waals surface area contributed by atoms with Crippen molar-refractivity contribution in [2.24, 2.45) is 22.7 Å². The molecular weight excluding hydrogens is 416 g/mol. The van der Waals surface area contributed by atoms with Crippen molar-refractivity contribution in [3.8, 4) is 0 Å². The SMILES string of the molecule is CC(=O)C(O)C(OC(C1=C(C)CCC(C)C1(C)C)C(O)C(C)=O)C1=C(C)CCC(C)C1(C)C. The van der Waals surface area contributed by atoms with Crippen LogP contribution in [0.15, 0.2) is 22.3 Å². The zero-order valence-electron chi connectivity index (χ0n) is 22.4. The minimum absolute atomic E-state index is 0.298. The van der Waals surface area contributed by atoms with Gasteiger partial charge in [0.2, 0.25) is 0 Å². The molecule has 0 aromatic heterocycles. The van der Waals surface area contributed by atoms with E-state index in [0.29, 0.717) is 11.8 Å². The lowest BCUT2D eigenvalue weighted by molar-refractivity contribution is -0.147. The number of hydrogen-bond acceptors (Lipinski definition) is 5. The van der Waals surface area contributed by atoms with Crippen LogP contribution in [0.2, 0.25) is 0 Å². The second-order valence-electron chi connectivity index (χ2n) is 11.8. The molecule has 0 saturated heterocycles. The maximum absolute atomic E-state index is 12.4. The maximum atomic E-state index is 12.4. The lowest BCUT2D eigenvalue weighted by Gasteiger charge is -2.48. The van der Waals surface area contributed by atoms with E-state index >= 15 is 0 Å². The fourth-order valence-electron chi connectivity index (χ4n) is 5.89. The molecule has 0 bridgehead atoms. The molecule has 2 rings (SSSR count). The van der Waals surface area contributed by atoms with Gasteiger partial charge in [-0.2, -0.15) is 0 Å². The van der Waals surface area contributed by atoms with Crippen molar-refractivity contribution in [2.45, 2.75) is 119 Å². The summed E-state index contributed by atoms with van der Waals surface area (Å²) < 4.78 is 6.63. The normalized spacial score (nSPS) is 28.8. The maximum Gasteiger partial charge on any atom is 0.161 e. The van der Waals surface area contributed by atoms with Gasteiger partial charge in [0.05, 0.1) is 0 Å². The van der Waals surface area contributed by atoms with Gasteiger partial charge in [0.25, 0.3) is 0 Å². The predicted molar refractivity (Wildman–Crippen MR) is 132 cm³/mol. The van der Waals surface area contributed by atoms with Crippen molar-refractivity contribution in [2.75, 3.05) is 0 Å². The van der Waals surface area contributed by atoms with Gasteiger partial charge < -0.3 is 14.9 Å². The Morgan fingerprint density at radius 1 is 0.788 bits per heavy atom. The summed E-state index contributed by atoms with van der Waals surface area (Å²) in [6.07, 6.45) is -0.792. The Labute approximate surface area is 200 Å². The number of ether oxygens (including phenoxy) is 1. The molecule has 0 aliphatic heterocycles. The van der Waals surface area contributed by atoms with Gasteiger partial charge >= 0.3 is 0 Å². The van der Waals surface area contributed by atoms with Crippen molar-refractivity contribution in [1.82, 2.24) is 0 Å². The molecule has 0 heterocycles. The van der Waals surface area contributed by atoms with Crippen LogP contribution in [0, 0.1) is 22.7 Å². The largest absolute Gasteiger partial charge is 0.382 e. The number of Topliss-reactive ketones (excluding diaryl/α,β-unsaturated/α-hetero) is 2. The summed E-state index contributed by atoms with van der Waals surface area (Å²) >= 11 is 0. The van der Waals surface area contributed by atoms with Crippen molar-refractivity contribution >= 4 is 11.6 Å². The number of aliphatic hydroxyl groups excluding tert-OH is 2. The number of rotatable bonds is 8. The second kappa shape index (κ2) is 10.1. The quantitative estimate of drug-likeness (QED) is 0.485. The number of carbonyl (C=O) groups is 2. The molecule has 0 amide bonds. The van der Waals surface area contributed by atoms with Crippen LogP contribution < -0.4 is 0 Å². The second-order valence-corrected chi connectivity index (χ2v) is 11.8. The van der Waals surface area contributed by atoms with E-state index in [9.17, 15) is 19.8 Å². The number of allylic oxidation sites excluding steroid dienone is 2. The molecule has 0 fully saturated rings. The van der Waals surface area contributed by atoms with E-state index in [4.69, 9.17) is 4.74 Å². The highest BCUT2D eigenvalue weighted by molar-refractivity contribution is 5.82. The Morgan fingerprint density at radius 2 is 1.09 bits per heavy atom. The topological polar surface area (TPSA) is 83.8 Å². The van der Waals surface area contributed by atoms with Gasteiger partial charge in [-0.25, -0.2) is 0 Å². The molecule has 6 atom stereocenters. The third-order valence-corrected chi connectivity index (χ3v) is 8.95. The zero-order valence-corrected chi connectivity index (χ0v) is 22.4. The Balaban J connectivity index is 2.70. The van der Waals surface area contributed by atoms with Crippen LogP contribution in [-0.2, 0) is 14.3 Å². The predicted octanol–water partition coefficient (Wildman–Crippen LogP) is 5.19. The van der Waals surface area contributed by atoms with E-state index in [0.717, 1.165) is 48.0 Å². The third kappa shape index (κ3) is 5.36. The summed E-state index contributed by atoms with van der Waals surface area (Å²) in [4.78, 5) is 24.9. The highest BCUT2D eigenvalue weighted by atomic mass is 16.5. The number of ketones is 2. The summed E-state index contributed by atoms with van der Waals surface area (Å²) in [5.74, 6) is -0.0887. The summed E-state index contributed by atoms with van der Waals surface area (Å²) in [5.41, 5.74) is 3.47. The highest BCUT2D eigenvalue weighted by Crippen LogP contribution is 2.50. The van der Waals surface area contributed by atoms with Gasteiger partial charge in [-0.1, -0.05) is 52.7 Å². The van der Waals surface area contributed by atoms with Crippen LogP contribution >= 0.6 is 0 Å². The van der Waals surface area contributed by atoms with Crippen LogP contribution in [-0.4, -0.2) is 46.2 Å². The molecule has 5 heteroatoms. The van der Waals surface area contributed by atoms with E-state index in [2.05, 4.69) is 41.5 Å². The fourth-order valence-corrected chi connectivity index (χ4v) is 5.89. The summed E-state index contributed by atoms with van der Waals surface area (Å²) in [7, 11) is 0. The molecule has 2 aliphatic rings. The van der Waals surface area contributed by atoms with E-state index in [1.807, 2.05) is 13.8 Å². The smallest absolute Gasteiger partial charge is 0.161 e. The van der Waals surface area contributed by atoms with Crippen LogP contribution in [0.25, 0.3) is 0 Å². The third-order valence-electron chi connectivity index (χ3n) is 8.95. The monoisotopic (exact) mass is 462 g/mol. The molecule has 0 aromatic carbocycles. The lowest BCUT2D eigenvalue weighted by Crippen LogP contribution is -2.51. The molecule has 33 heavy (non-hydrogen) atoms. The first-order valence-electron chi connectivity index (χ1n) is 12.5. The molecule has 188 valence electrons. The lowest BCUT2D eigenvalue weighted by atomic mass is 9.63. The number of hydrogen-bond donors (Lipinski definition) is 2. The summed E-state index contributed by atoms with van der Waals surface area (Å²) in [6, 6.07) is 0. The summed E-state index contributed by atoms with van der Waals surface area (Å²) in [6.45, 7) is 19.7. The molecule has 0 saturated carbocycles. The highest BCUT2D eigenvalue weighted by Gasteiger charge is 2.47. The van der Waals surface area contributed by atoms with Gasteiger partial charge in [0.1, 0.15) is 24.4 Å². The Hall–Kier alpha value is -1.30. The molecule has 6 unspecified atom stereocenters. The van der Waals surface area contributed by atoms with E-state index < -0.39 is 24.4 Å². The van der Waals surface area contributed by atoms with Crippen molar-refractivity contribution in [3.05, 3.63) is 22.3 Å². The molecule has 2 aliphatic carbocycles. The molecule has 0 aromatic rings. The minimum Gasteiger partial charge on any atom is -0.382 e. The van der Waals surface area contributed by atoms with Gasteiger partial charge in [0.15, 0.2) is 11.6 Å². The Bertz CT molecular complexity index is 763. The molecule has 0 radical (unpaired) electrons. The first-order valence-corrected chi connectivity index (χ1v) is 12.5. The Kier molecular flexibility index (Phi) is 8.58. The molecular formula is C28H46O5. The standard InChI is InChI=1S/C28H46O5/c1-15-11-13-17(3)27(7,8)21(15)25(23(31)19(5)29)33-26(24(32)20(6)30)22-16(2)12-14-18(4)28(22,9)10/h17-18,23-26,31-32H,11-14H2,1-10H3. The average molecular weight is 463 g/mol. The van der Waals surface area contributed by atoms with E-state index in [-0.39, 0.29) is 22.4 Å². The van der Waals surface area contributed by atoms with Crippen LogP contribution in [0.1, 0.15) is 94.9 Å². The number of carbonyl (C=O) groups excluding carboxylic acids is 2. The molecule has 5 nitrogen and oxygen atoms in total. The zero-order chi connectivity index (χ0) is 25.5. The average Bonchev–Trinajstić information content (AvgIpc) is 2.70. The van der Waals surface area contributed by atoms with Crippen molar-refractivity contribution in [3.63, 3.8) is 0 Å².